The van der Waals surface area contributed by atoms with Gasteiger partial charge in [-0.2, -0.15) is 0 Å². The zero-order valence-electron chi connectivity index (χ0n) is 13.0. The average molecular weight is 273 g/mol. The van der Waals surface area contributed by atoms with E-state index in [1.54, 1.807) is 0 Å². The Balaban J connectivity index is 1.77. The molecule has 0 unspecified atom stereocenters. The fourth-order valence-corrected chi connectivity index (χ4v) is 3.98. The third kappa shape index (κ3) is 2.46. The van der Waals surface area contributed by atoms with Crippen LogP contribution in [0.3, 0.4) is 0 Å². The van der Waals surface area contributed by atoms with Crippen LogP contribution in [0.15, 0.2) is 24.3 Å². The van der Waals surface area contributed by atoms with Crippen molar-refractivity contribution in [3.8, 4) is 5.75 Å². The molecule has 3 rings (SSSR count). The summed E-state index contributed by atoms with van der Waals surface area (Å²) >= 11 is 0. The summed E-state index contributed by atoms with van der Waals surface area (Å²) in [5.74, 6) is 1.82. The fraction of sp³-hybridized carbons (Fsp3) is 0.667. The number of hydrogen-bond donors (Lipinski definition) is 1. The molecule has 0 radical (unpaired) electrons. The normalized spacial score (nSPS) is 33.6. The van der Waals surface area contributed by atoms with Crippen LogP contribution in [0.1, 0.15) is 64.5 Å². The second-order valence-corrected chi connectivity index (χ2v) is 7.77. The van der Waals surface area contributed by atoms with Gasteiger partial charge in [-0.25, -0.2) is 0 Å². The van der Waals surface area contributed by atoms with E-state index in [2.05, 4.69) is 39.0 Å². The van der Waals surface area contributed by atoms with E-state index in [0.717, 1.165) is 30.9 Å². The third-order valence-electron chi connectivity index (χ3n) is 5.36. The maximum atomic E-state index is 6.41. The number of hydrogen-bond acceptors (Lipinski definition) is 2. The molecule has 1 spiro atoms. The number of benzene rings is 1. The first kappa shape index (κ1) is 13.9. The van der Waals surface area contributed by atoms with E-state index < -0.39 is 0 Å². The van der Waals surface area contributed by atoms with E-state index in [-0.39, 0.29) is 11.6 Å². The largest absolute Gasteiger partial charge is 0.487 e. The van der Waals surface area contributed by atoms with Crippen LogP contribution in [0, 0.1) is 11.3 Å². The first-order chi connectivity index (χ1) is 9.40. The van der Waals surface area contributed by atoms with Gasteiger partial charge in [0.25, 0.3) is 0 Å². The summed E-state index contributed by atoms with van der Waals surface area (Å²) in [5, 5.41) is 0. The van der Waals surface area contributed by atoms with E-state index in [1.165, 1.54) is 18.4 Å². The van der Waals surface area contributed by atoms with Gasteiger partial charge < -0.3 is 10.5 Å². The molecule has 2 aliphatic rings. The molecule has 1 saturated carbocycles. The minimum Gasteiger partial charge on any atom is -0.487 e. The lowest BCUT2D eigenvalue weighted by atomic mass is 9.66. The molecule has 1 aromatic carbocycles. The van der Waals surface area contributed by atoms with Gasteiger partial charge in [-0.15, -0.1) is 0 Å². The fourth-order valence-electron chi connectivity index (χ4n) is 3.98. The van der Waals surface area contributed by atoms with E-state index in [4.69, 9.17) is 10.5 Å². The molecule has 0 aromatic heterocycles. The Hall–Kier alpha value is -1.02. The lowest BCUT2D eigenvalue weighted by molar-refractivity contribution is -0.0254. The highest BCUT2D eigenvalue weighted by Gasteiger charge is 2.44. The number of fused-ring (bicyclic) bond motifs is 1. The highest BCUT2D eigenvalue weighted by molar-refractivity contribution is 5.38. The van der Waals surface area contributed by atoms with Gasteiger partial charge in [0.1, 0.15) is 11.4 Å². The van der Waals surface area contributed by atoms with Gasteiger partial charge in [-0.3, -0.25) is 0 Å². The summed E-state index contributed by atoms with van der Waals surface area (Å²) < 4.78 is 6.41. The van der Waals surface area contributed by atoms with Crippen LogP contribution >= 0.6 is 0 Å². The molecule has 1 aliphatic heterocycles. The Morgan fingerprint density at radius 3 is 2.45 bits per heavy atom. The Bertz CT molecular complexity index is 480. The predicted molar refractivity (Wildman–Crippen MR) is 82.8 cm³/mol. The monoisotopic (exact) mass is 273 g/mol. The van der Waals surface area contributed by atoms with E-state index in [0.29, 0.717) is 5.41 Å². The van der Waals surface area contributed by atoms with E-state index in [9.17, 15) is 0 Å². The van der Waals surface area contributed by atoms with Crippen LogP contribution in [0.25, 0.3) is 0 Å². The third-order valence-corrected chi connectivity index (χ3v) is 5.36. The minimum atomic E-state index is -0.00444. The summed E-state index contributed by atoms with van der Waals surface area (Å²) in [6.07, 6.45) is 5.80. The Morgan fingerprint density at radius 1 is 1.15 bits per heavy atom. The molecule has 20 heavy (non-hydrogen) atoms. The van der Waals surface area contributed by atoms with Gasteiger partial charge >= 0.3 is 0 Å². The van der Waals surface area contributed by atoms with E-state index >= 15 is 0 Å². The van der Waals surface area contributed by atoms with E-state index in [1.807, 2.05) is 6.07 Å². The van der Waals surface area contributed by atoms with Gasteiger partial charge in [0.05, 0.1) is 0 Å². The molecule has 110 valence electrons. The molecule has 2 heteroatoms. The zero-order chi connectivity index (χ0) is 14.4. The number of nitrogens with two attached hydrogens (primary N) is 1. The van der Waals surface area contributed by atoms with Crippen molar-refractivity contribution in [3.05, 3.63) is 29.8 Å². The van der Waals surface area contributed by atoms with Gasteiger partial charge in [-0.1, -0.05) is 39.0 Å². The van der Waals surface area contributed by atoms with Crippen molar-refractivity contribution in [2.24, 2.45) is 17.1 Å². The highest BCUT2D eigenvalue weighted by atomic mass is 16.5. The quantitative estimate of drug-likeness (QED) is 0.758. The van der Waals surface area contributed by atoms with Crippen LogP contribution in [-0.4, -0.2) is 5.60 Å². The average Bonchev–Trinajstić information content (AvgIpc) is 2.38. The molecule has 0 saturated heterocycles. The summed E-state index contributed by atoms with van der Waals surface area (Å²) in [4.78, 5) is 0. The SMILES string of the molecule is CC(C)(C)C1CCC2(CC1)C[C@H](N)c1ccccc1O2. The second-order valence-electron chi connectivity index (χ2n) is 7.77. The Morgan fingerprint density at radius 2 is 1.80 bits per heavy atom. The molecule has 1 atom stereocenters. The number of para-hydroxylation sites is 1. The standard InChI is InChI=1S/C18H27NO/c1-17(2,3)13-8-10-18(11-9-13)12-15(19)14-6-4-5-7-16(14)20-18/h4-7,13,15H,8-12,19H2,1-3H3/t13?,15-,18?/m0/s1. The van der Waals surface area contributed by atoms with Crippen molar-refractivity contribution in [2.75, 3.05) is 0 Å². The molecule has 2 nitrogen and oxygen atoms in total. The van der Waals surface area contributed by atoms with Crippen LogP contribution in [-0.2, 0) is 0 Å². The Kier molecular flexibility index (Phi) is 3.32. The van der Waals surface area contributed by atoms with Gasteiger partial charge in [0.15, 0.2) is 0 Å². The van der Waals surface area contributed by atoms with Gasteiger partial charge in [0, 0.05) is 18.0 Å². The molecule has 0 bridgehead atoms. The highest BCUT2D eigenvalue weighted by Crippen LogP contribution is 2.49. The predicted octanol–water partition coefficient (Wildman–Crippen LogP) is 4.44. The molecular weight excluding hydrogens is 246 g/mol. The summed E-state index contributed by atoms with van der Waals surface area (Å²) in [5.41, 5.74) is 7.98. The smallest absolute Gasteiger partial charge is 0.124 e. The second kappa shape index (κ2) is 4.77. The lowest BCUT2D eigenvalue weighted by Gasteiger charge is -2.47. The maximum Gasteiger partial charge on any atom is 0.124 e. The van der Waals surface area contributed by atoms with Gasteiger partial charge in [-0.05, 0) is 43.1 Å². The van der Waals surface area contributed by atoms with Crippen molar-refractivity contribution in [1.82, 2.24) is 0 Å². The number of rotatable bonds is 0. The zero-order valence-corrected chi connectivity index (χ0v) is 13.0. The molecule has 2 N–H and O–H groups in total. The summed E-state index contributed by atoms with van der Waals surface area (Å²) in [7, 11) is 0. The molecular formula is C18H27NO. The minimum absolute atomic E-state index is 0.00444. The Labute approximate surface area is 122 Å². The van der Waals surface area contributed by atoms with Crippen molar-refractivity contribution in [2.45, 2.75) is 64.5 Å². The van der Waals surface area contributed by atoms with Crippen LogP contribution in [0.2, 0.25) is 0 Å². The van der Waals surface area contributed by atoms with Crippen LogP contribution in [0.4, 0.5) is 0 Å². The summed E-state index contributed by atoms with van der Waals surface area (Å²) in [6, 6.07) is 8.41. The molecule has 0 amide bonds. The maximum absolute atomic E-state index is 6.41. The molecule has 1 aliphatic carbocycles. The number of ether oxygens (including phenoxy) is 1. The van der Waals surface area contributed by atoms with Crippen molar-refractivity contribution < 1.29 is 4.74 Å². The van der Waals surface area contributed by atoms with Crippen LogP contribution in [0.5, 0.6) is 5.75 Å². The molecule has 1 aromatic rings. The first-order valence-corrected chi connectivity index (χ1v) is 7.93. The van der Waals surface area contributed by atoms with Crippen molar-refractivity contribution >= 4 is 0 Å². The summed E-state index contributed by atoms with van der Waals surface area (Å²) in [6.45, 7) is 7.08. The molecule has 1 heterocycles. The van der Waals surface area contributed by atoms with Crippen molar-refractivity contribution in [1.29, 1.82) is 0 Å². The lowest BCUT2D eigenvalue weighted by Crippen LogP contribution is -2.46. The topological polar surface area (TPSA) is 35.2 Å². The first-order valence-electron chi connectivity index (χ1n) is 7.93. The van der Waals surface area contributed by atoms with Crippen molar-refractivity contribution in [3.63, 3.8) is 0 Å². The van der Waals surface area contributed by atoms with Gasteiger partial charge in [0.2, 0.25) is 0 Å². The van der Waals surface area contributed by atoms with Crippen LogP contribution < -0.4 is 10.5 Å². The molecule has 1 fully saturated rings.